The van der Waals surface area contributed by atoms with Crippen LogP contribution in [0.2, 0.25) is 0 Å². The Morgan fingerprint density at radius 2 is 0.949 bits per heavy atom. The molecule has 3 aromatic rings. The molecule has 540 valence electrons. The number of unbranched alkanes of at least 4 members (excludes halogenated alkanes) is 1. The molecule has 2 aliphatic heterocycles. The van der Waals surface area contributed by atoms with Crippen LogP contribution in [0, 0.1) is 5.92 Å². The number of amides is 13. The van der Waals surface area contributed by atoms with Gasteiger partial charge < -0.3 is 98.2 Å². The highest BCUT2D eigenvalue weighted by atomic mass is 16.2. The summed E-state index contributed by atoms with van der Waals surface area (Å²) >= 11 is 0. The minimum Gasteiger partial charge on any atom is -0.399 e. The van der Waals surface area contributed by atoms with Crippen molar-refractivity contribution in [3.05, 3.63) is 102 Å². The van der Waals surface area contributed by atoms with E-state index in [4.69, 9.17) is 45.9 Å². The molecular weight excluding hydrogens is 1280 g/mol. The number of guanidine groups is 1. The average molecular weight is 1380 g/mol. The summed E-state index contributed by atoms with van der Waals surface area (Å²) in [6, 6.07) is 10.8. The fourth-order valence-corrected chi connectivity index (χ4v) is 11.6. The molecule has 0 saturated carbocycles. The van der Waals surface area contributed by atoms with Gasteiger partial charge in [-0.3, -0.25) is 67.3 Å². The fraction of sp³-hybridized carbons (Fsp3) is 0.522. The molecule has 99 heavy (non-hydrogen) atoms. The van der Waals surface area contributed by atoms with Crippen molar-refractivity contribution in [3.8, 4) is 0 Å². The number of nitrogens with zero attached hydrogens (tertiary/aromatic N) is 3. The van der Waals surface area contributed by atoms with Crippen molar-refractivity contribution < 1.29 is 62.3 Å². The van der Waals surface area contributed by atoms with Gasteiger partial charge in [0, 0.05) is 57.4 Å². The van der Waals surface area contributed by atoms with Crippen molar-refractivity contribution in [3.63, 3.8) is 0 Å². The molecule has 0 aliphatic carbocycles. The number of nitrogens with one attached hydrogen (secondary N) is 8. The van der Waals surface area contributed by atoms with Crippen LogP contribution in [-0.2, 0) is 81.6 Å². The summed E-state index contributed by atoms with van der Waals surface area (Å²) in [5.74, 6) is -10.6. The Morgan fingerprint density at radius 3 is 1.45 bits per heavy atom. The first-order valence-corrected chi connectivity index (χ1v) is 33.4. The zero-order valence-electron chi connectivity index (χ0n) is 56.3. The van der Waals surface area contributed by atoms with Gasteiger partial charge in [-0.1, -0.05) is 86.6 Å². The number of benzene rings is 3. The van der Waals surface area contributed by atoms with E-state index < -0.39 is 169 Å². The van der Waals surface area contributed by atoms with Crippen molar-refractivity contribution in [2.45, 2.75) is 183 Å². The Hall–Kier alpha value is -10.2. The van der Waals surface area contributed by atoms with Crippen LogP contribution in [0.15, 0.2) is 89.9 Å². The van der Waals surface area contributed by atoms with Crippen LogP contribution in [0.3, 0.4) is 0 Å². The van der Waals surface area contributed by atoms with E-state index in [1.165, 1.54) is 9.80 Å². The van der Waals surface area contributed by atoms with E-state index in [0.29, 0.717) is 60.9 Å². The van der Waals surface area contributed by atoms with Crippen LogP contribution in [-0.4, -0.2) is 186 Å². The average Bonchev–Trinajstić information content (AvgIpc) is 1.71. The molecule has 0 aromatic heterocycles. The van der Waals surface area contributed by atoms with Crippen molar-refractivity contribution in [1.82, 2.24) is 52.3 Å². The maximum absolute atomic E-state index is 14.7. The predicted molar refractivity (Wildman–Crippen MR) is 367 cm³/mol. The number of carbonyl (C=O) groups excluding carboxylic acids is 13. The molecule has 3 aromatic carbocycles. The largest absolute Gasteiger partial charge is 0.399 e. The summed E-state index contributed by atoms with van der Waals surface area (Å²) in [4.78, 5) is 186. The third-order valence-electron chi connectivity index (χ3n) is 16.8. The molecule has 0 unspecified atom stereocenters. The van der Waals surface area contributed by atoms with Gasteiger partial charge >= 0.3 is 0 Å². The molecule has 0 radical (unpaired) electrons. The summed E-state index contributed by atoms with van der Waals surface area (Å²) in [5.41, 5.74) is 47.7. The lowest BCUT2D eigenvalue weighted by atomic mass is 10.0. The molecule has 5 rings (SSSR count). The van der Waals surface area contributed by atoms with Gasteiger partial charge in [-0.05, 0) is 118 Å². The molecule has 2 heterocycles. The quantitative estimate of drug-likeness (QED) is 0.0113. The van der Waals surface area contributed by atoms with Gasteiger partial charge in [0.1, 0.15) is 54.4 Å². The zero-order valence-corrected chi connectivity index (χ0v) is 56.3. The van der Waals surface area contributed by atoms with Crippen LogP contribution in [0.25, 0.3) is 0 Å². The number of rotatable bonds is 41. The number of nitrogen functional groups attached to an aromatic ring is 1. The zero-order chi connectivity index (χ0) is 72.7. The number of carbonyl (C=O) groups is 13. The van der Waals surface area contributed by atoms with Crippen molar-refractivity contribution >= 4 is 88.4 Å². The van der Waals surface area contributed by atoms with Crippen molar-refractivity contribution in [2.24, 2.45) is 51.0 Å². The Kier molecular flexibility index (Phi) is 32.5. The molecule has 32 heteroatoms. The van der Waals surface area contributed by atoms with Gasteiger partial charge in [0.25, 0.3) is 0 Å². The van der Waals surface area contributed by atoms with Crippen LogP contribution in [0.4, 0.5) is 5.69 Å². The van der Waals surface area contributed by atoms with E-state index in [1.54, 1.807) is 84.9 Å². The lowest BCUT2D eigenvalue weighted by Gasteiger charge is -2.32. The van der Waals surface area contributed by atoms with Crippen molar-refractivity contribution in [1.29, 1.82) is 0 Å². The Balaban J connectivity index is 1.33. The van der Waals surface area contributed by atoms with Crippen LogP contribution < -0.4 is 88.4 Å². The fourth-order valence-electron chi connectivity index (χ4n) is 11.6. The third kappa shape index (κ3) is 26.9. The smallest absolute Gasteiger partial charge is 0.245 e. The maximum atomic E-state index is 14.7. The number of primary amides is 3. The third-order valence-corrected chi connectivity index (χ3v) is 16.8. The molecular formula is C67H99N19O13. The number of hydrogen-bond acceptors (Lipinski definition) is 17. The van der Waals surface area contributed by atoms with Crippen LogP contribution in [0.1, 0.15) is 120 Å². The highest BCUT2D eigenvalue weighted by Gasteiger charge is 2.42. The summed E-state index contributed by atoms with van der Waals surface area (Å²) in [6.45, 7) is 3.80. The first-order valence-electron chi connectivity index (χ1n) is 33.4. The highest BCUT2D eigenvalue weighted by Crippen LogP contribution is 2.24. The van der Waals surface area contributed by atoms with E-state index in [2.05, 4.69) is 47.5 Å². The molecule has 2 saturated heterocycles. The van der Waals surface area contributed by atoms with E-state index in [1.807, 2.05) is 13.8 Å². The number of likely N-dealkylation sites (tertiary alicyclic amines) is 2. The molecule has 10 atom stereocenters. The second-order valence-electron chi connectivity index (χ2n) is 25.3. The van der Waals surface area contributed by atoms with Gasteiger partial charge in [-0.2, -0.15) is 0 Å². The second-order valence-corrected chi connectivity index (χ2v) is 25.3. The molecule has 32 nitrogen and oxygen atoms in total. The van der Waals surface area contributed by atoms with E-state index in [0.717, 1.165) is 0 Å². The van der Waals surface area contributed by atoms with E-state index in [-0.39, 0.29) is 83.0 Å². The van der Waals surface area contributed by atoms with Crippen LogP contribution in [0.5, 0.6) is 0 Å². The van der Waals surface area contributed by atoms with Gasteiger partial charge in [0.15, 0.2) is 5.96 Å². The monoisotopic (exact) mass is 1380 g/mol. The molecule has 0 spiro atoms. The minimum atomic E-state index is -1.65. The Bertz CT molecular complexity index is 3280. The molecule has 2 fully saturated rings. The summed E-state index contributed by atoms with van der Waals surface area (Å²) in [7, 11) is 0. The van der Waals surface area contributed by atoms with Gasteiger partial charge in [-0.15, -0.1) is 0 Å². The minimum absolute atomic E-state index is 0.0348. The number of nitrogens with two attached hydrogens (primary N) is 8. The predicted octanol–water partition coefficient (Wildman–Crippen LogP) is -3.64. The normalized spacial score (nSPS) is 16.6. The first-order chi connectivity index (χ1) is 47.1. The summed E-state index contributed by atoms with van der Waals surface area (Å²) in [6.07, 6.45) is 0.937. The molecule has 13 amide bonds. The second kappa shape index (κ2) is 40.5. The molecule has 24 N–H and O–H groups in total. The lowest BCUT2D eigenvalue weighted by Crippen LogP contribution is -2.60. The Morgan fingerprint density at radius 1 is 0.495 bits per heavy atom. The standard InChI is InChI=1S/C67H99N19O13/c1-39(2)34-49(61(94)82-48(57(73)90)35-42-22-24-43(69)25-23-42)78-56(89)38-77-58(91)50(36-40-14-5-3-6-15-40)83-62(95)51(37-41-16-7-4-8-17-41)84-60(93)45(26-28-54(71)87)79-59(92)46(27-29-55(72)88)80-63(96)53-21-13-33-86(53)66(99)47(19-9-10-30-68)81-64(97)52-20-12-32-85(52)65(98)44(70)18-11-31-76-67(74)75/h3-8,14-17,22-25,39,44-53H,9-13,18-21,26-38,68-70H2,1-2H3,(H2,71,87)(H2,72,88)(H2,73,90)(H,77,91)(H,78,89)(H,79,92)(H,80,96)(H,81,97)(H,82,94)(H,83,95)(H,84,93)(H4,74,75,76)/t44-,45-,46-,47-,48-,49-,50-,51-,52-,53-/m0/s1. The van der Waals surface area contributed by atoms with Gasteiger partial charge in [0.05, 0.1) is 12.6 Å². The number of anilines is 1. The first kappa shape index (κ1) is 79.4. The highest BCUT2D eigenvalue weighted by molar-refractivity contribution is 5.99. The summed E-state index contributed by atoms with van der Waals surface area (Å²) < 4.78 is 0. The van der Waals surface area contributed by atoms with Crippen LogP contribution >= 0.6 is 0 Å². The SMILES string of the molecule is CC(C)C[C@H](NC(=O)CNC(=O)[C@H](Cc1ccccc1)NC(=O)[C@H](Cc1ccccc1)NC(=O)[C@H](CCC(N)=O)NC(=O)[C@H](CCC(N)=O)NC(=O)[C@@H]1CCCN1C(=O)[C@H](CCCCN)NC(=O)[C@@H]1CCCN1C(=O)[C@@H](N)CCCN=C(N)N)C(=O)N[C@@H](Cc1ccc(N)cc1)C(N)=O. The summed E-state index contributed by atoms with van der Waals surface area (Å²) in [5, 5.41) is 21.1. The molecule has 0 bridgehead atoms. The topological polar surface area (TPSA) is 545 Å². The Labute approximate surface area is 575 Å². The van der Waals surface area contributed by atoms with Gasteiger partial charge in [-0.25, -0.2) is 0 Å². The van der Waals surface area contributed by atoms with E-state index >= 15 is 0 Å². The van der Waals surface area contributed by atoms with Gasteiger partial charge in [0.2, 0.25) is 76.8 Å². The lowest BCUT2D eigenvalue weighted by molar-refractivity contribution is -0.144. The molecule has 2 aliphatic rings. The number of aliphatic imine (C=N–C) groups is 1. The van der Waals surface area contributed by atoms with Crippen molar-refractivity contribution in [2.75, 3.05) is 38.5 Å². The number of hydrogen-bond donors (Lipinski definition) is 16. The van der Waals surface area contributed by atoms with E-state index in [9.17, 15) is 62.3 Å². The maximum Gasteiger partial charge on any atom is 0.245 e.